The van der Waals surface area contributed by atoms with Crippen LogP contribution in [0.4, 0.5) is 13.2 Å². The van der Waals surface area contributed by atoms with Gasteiger partial charge in [-0.15, -0.1) is 0 Å². The summed E-state index contributed by atoms with van der Waals surface area (Å²) in [6, 6.07) is 0. The molecule has 0 unspecified atom stereocenters. The minimum atomic E-state index is -4.46. The average molecular weight is 259 g/mol. The molecule has 1 aliphatic heterocycles. The van der Waals surface area contributed by atoms with Crippen molar-refractivity contribution >= 4 is 0 Å². The second-order valence-corrected chi connectivity index (χ2v) is 4.54. The Morgan fingerprint density at radius 2 is 2.17 bits per heavy atom. The molecular weight excluding hydrogens is 243 g/mol. The van der Waals surface area contributed by atoms with Gasteiger partial charge in [-0.05, 0) is 24.9 Å². The van der Waals surface area contributed by atoms with Crippen molar-refractivity contribution in [2.45, 2.75) is 38.9 Å². The molecule has 0 saturated carbocycles. The Balaban J connectivity index is 2.14. The van der Waals surface area contributed by atoms with Crippen molar-refractivity contribution in [2.75, 3.05) is 13.1 Å². The van der Waals surface area contributed by atoms with Gasteiger partial charge >= 0.3 is 6.18 Å². The summed E-state index contributed by atoms with van der Waals surface area (Å²) in [6.45, 7) is 4.39. The molecule has 0 spiro atoms. The molecule has 0 saturated heterocycles. The smallest absolute Gasteiger partial charge is 0.297 e. The first kappa shape index (κ1) is 13.3. The van der Waals surface area contributed by atoms with Crippen LogP contribution in [0.5, 0.6) is 0 Å². The third-order valence-corrected chi connectivity index (χ3v) is 3.11. The predicted octanol–water partition coefficient (Wildman–Crippen LogP) is 2.65. The standard InChI is InChI=1S/C12H16F3N3/c1-2-3-5-18-6-4-9-7-16-11(12(13,14)15)17-10(9)8-18/h7H,2-6,8H2,1H3. The van der Waals surface area contributed by atoms with Crippen molar-refractivity contribution < 1.29 is 13.2 Å². The first-order valence-corrected chi connectivity index (χ1v) is 6.15. The quantitative estimate of drug-likeness (QED) is 0.835. The SMILES string of the molecule is CCCCN1CCc2cnc(C(F)(F)F)nc2C1. The van der Waals surface area contributed by atoms with Crippen LogP contribution in [0.2, 0.25) is 0 Å². The van der Waals surface area contributed by atoms with Crippen LogP contribution in [-0.2, 0) is 19.1 Å². The molecule has 1 aliphatic rings. The highest BCUT2D eigenvalue weighted by atomic mass is 19.4. The third kappa shape index (κ3) is 2.98. The number of aromatic nitrogens is 2. The maximum Gasteiger partial charge on any atom is 0.451 e. The maximum atomic E-state index is 12.5. The van der Waals surface area contributed by atoms with Crippen molar-refractivity contribution in [1.82, 2.24) is 14.9 Å². The molecule has 0 N–H and O–H groups in total. The number of halogens is 3. The zero-order valence-electron chi connectivity index (χ0n) is 10.3. The Bertz CT molecular complexity index is 418. The largest absolute Gasteiger partial charge is 0.451 e. The molecule has 6 heteroatoms. The molecule has 0 atom stereocenters. The van der Waals surface area contributed by atoms with Crippen LogP contribution in [0.15, 0.2) is 6.20 Å². The van der Waals surface area contributed by atoms with Gasteiger partial charge in [0.05, 0.1) is 5.69 Å². The van der Waals surface area contributed by atoms with Crippen LogP contribution in [0.1, 0.15) is 36.8 Å². The minimum absolute atomic E-state index is 0.501. The monoisotopic (exact) mass is 259 g/mol. The van der Waals surface area contributed by atoms with Gasteiger partial charge in [-0.1, -0.05) is 13.3 Å². The van der Waals surface area contributed by atoms with E-state index in [-0.39, 0.29) is 0 Å². The van der Waals surface area contributed by atoms with Gasteiger partial charge in [0.2, 0.25) is 5.82 Å². The highest BCUT2D eigenvalue weighted by Crippen LogP contribution is 2.27. The highest BCUT2D eigenvalue weighted by Gasteiger charge is 2.35. The number of alkyl halides is 3. The Kier molecular flexibility index (Phi) is 3.85. The summed E-state index contributed by atoms with van der Waals surface area (Å²) in [7, 11) is 0. The lowest BCUT2D eigenvalue weighted by Crippen LogP contribution is -2.32. The summed E-state index contributed by atoms with van der Waals surface area (Å²) in [5.41, 5.74) is 1.37. The molecule has 18 heavy (non-hydrogen) atoms. The summed E-state index contributed by atoms with van der Waals surface area (Å²) in [5, 5.41) is 0. The van der Waals surface area contributed by atoms with Crippen LogP contribution in [0.25, 0.3) is 0 Å². The molecule has 100 valence electrons. The lowest BCUT2D eigenvalue weighted by Gasteiger charge is -2.27. The summed E-state index contributed by atoms with van der Waals surface area (Å²) in [4.78, 5) is 9.21. The molecule has 1 aromatic rings. The zero-order valence-corrected chi connectivity index (χ0v) is 10.3. The van der Waals surface area contributed by atoms with Crippen LogP contribution in [-0.4, -0.2) is 28.0 Å². The Hall–Kier alpha value is -1.17. The van der Waals surface area contributed by atoms with E-state index in [9.17, 15) is 13.2 Å². The number of rotatable bonds is 3. The lowest BCUT2D eigenvalue weighted by atomic mass is 10.1. The van der Waals surface area contributed by atoms with Crippen molar-refractivity contribution in [3.05, 3.63) is 23.3 Å². The molecule has 0 aromatic carbocycles. The van der Waals surface area contributed by atoms with E-state index >= 15 is 0 Å². The number of fused-ring (bicyclic) bond motifs is 1. The Labute approximate surface area is 104 Å². The molecule has 2 rings (SSSR count). The zero-order chi connectivity index (χ0) is 13.2. The van der Waals surface area contributed by atoms with E-state index in [0.717, 1.165) is 37.9 Å². The van der Waals surface area contributed by atoms with E-state index in [1.54, 1.807) is 0 Å². The molecule has 0 radical (unpaired) electrons. The van der Waals surface area contributed by atoms with Gasteiger partial charge in [0.15, 0.2) is 0 Å². The van der Waals surface area contributed by atoms with Gasteiger partial charge in [-0.25, -0.2) is 9.97 Å². The Morgan fingerprint density at radius 1 is 1.39 bits per heavy atom. The number of hydrogen-bond donors (Lipinski definition) is 0. The van der Waals surface area contributed by atoms with Crippen LogP contribution >= 0.6 is 0 Å². The van der Waals surface area contributed by atoms with Gasteiger partial charge in [-0.2, -0.15) is 13.2 Å². The molecule has 0 aliphatic carbocycles. The molecule has 2 heterocycles. The first-order valence-electron chi connectivity index (χ1n) is 6.15. The maximum absolute atomic E-state index is 12.5. The van der Waals surface area contributed by atoms with Crippen LogP contribution in [0, 0.1) is 0 Å². The second-order valence-electron chi connectivity index (χ2n) is 4.54. The second kappa shape index (κ2) is 5.22. The van der Waals surface area contributed by atoms with E-state index < -0.39 is 12.0 Å². The normalized spacial score (nSPS) is 16.7. The predicted molar refractivity (Wildman–Crippen MR) is 60.9 cm³/mol. The van der Waals surface area contributed by atoms with Gasteiger partial charge < -0.3 is 0 Å². The van der Waals surface area contributed by atoms with Gasteiger partial charge in [0, 0.05) is 19.3 Å². The number of unbranched alkanes of at least 4 members (excludes halogenated alkanes) is 1. The van der Waals surface area contributed by atoms with Crippen molar-refractivity contribution in [3.63, 3.8) is 0 Å². The summed E-state index contributed by atoms with van der Waals surface area (Å²) in [5.74, 6) is -1.03. The van der Waals surface area contributed by atoms with E-state index in [4.69, 9.17) is 0 Å². The lowest BCUT2D eigenvalue weighted by molar-refractivity contribution is -0.145. The van der Waals surface area contributed by atoms with Gasteiger partial charge in [-0.3, -0.25) is 4.90 Å². The van der Waals surface area contributed by atoms with Gasteiger partial charge in [0.1, 0.15) is 0 Å². The van der Waals surface area contributed by atoms with E-state index in [0.29, 0.717) is 12.2 Å². The third-order valence-electron chi connectivity index (χ3n) is 3.11. The van der Waals surface area contributed by atoms with Crippen molar-refractivity contribution in [1.29, 1.82) is 0 Å². The fourth-order valence-corrected chi connectivity index (χ4v) is 2.07. The van der Waals surface area contributed by atoms with Gasteiger partial charge in [0.25, 0.3) is 0 Å². The molecule has 3 nitrogen and oxygen atoms in total. The fourth-order valence-electron chi connectivity index (χ4n) is 2.07. The van der Waals surface area contributed by atoms with E-state index in [1.807, 2.05) is 0 Å². The fraction of sp³-hybridized carbons (Fsp3) is 0.667. The van der Waals surface area contributed by atoms with Crippen molar-refractivity contribution in [3.8, 4) is 0 Å². The molecule has 0 fully saturated rings. The summed E-state index contributed by atoms with van der Waals surface area (Å²) in [6.07, 6.45) is -0.256. The molecular formula is C12H16F3N3. The summed E-state index contributed by atoms with van der Waals surface area (Å²) < 4.78 is 37.6. The highest BCUT2D eigenvalue weighted by molar-refractivity contribution is 5.21. The molecule has 0 amide bonds. The summed E-state index contributed by atoms with van der Waals surface area (Å²) >= 11 is 0. The van der Waals surface area contributed by atoms with E-state index in [2.05, 4.69) is 21.8 Å². The Morgan fingerprint density at radius 3 is 2.83 bits per heavy atom. The molecule has 1 aromatic heterocycles. The van der Waals surface area contributed by atoms with Crippen LogP contribution < -0.4 is 0 Å². The molecule has 0 bridgehead atoms. The number of hydrogen-bond acceptors (Lipinski definition) is 3. The van der Waals surface area contributed by atoms with E-state index in [1.165, 1.54) is 6.20 Å². The van der Waals surface area contributed by atoms with Crippen molar-refractivity contribution in [2.24, 2.45) is 0 Å². The first-order chi connectivity index (χ1) is 8.50. The number of nitrogens with zero attached hydrogens (tertiary/aromatic N) is 3. The average Bonchev–Trinajstić information content (AvgIpc) is 2.34. The topological polar surface area (TPSA) is 29.0 Å². The minimum Gasteiger partial charge on any atom is -0.297 e. The van der Waals surface area contributed by atoms with Crippen LogP contribution in [0.3, 0.4) is 0 Å².